The molecular weight excluding hydrogens is 470 g/mol. The second kappa shape index (κ2) is 8.68. The summed E-state index contributed by atoms with van der Waals surface area (Å²) in [6, 6.07) is 0.695. The molecule has 2 fully saturated rings. The number of carbonyl (C=O) groups is 4. The zero-order chi connectivity index (χ0) is 26.9. The SMILES string of the molecule is CC(=O)Nc1cc(N(C)C)c2c(c1O)C(O)=C1C(=O)[C@]3(O)C(=O)C(C=O)C(O)[C@@H](N(C)C)C3CC1C2. The van der Waals surface area contributed by atoms with Gasteiger partial charge < -0.3 is 40.3 Å². The predicted molar refractivity (Wildman–Crippen MR) is 130 cm³/mol. The molecule has 0 spiro atoms. The maximum Gasteiger partial charge on any atom is 0.221 e. The Morgan fingerprint density at radius 3 is 2.36 bits per heavy atom. The normalized spacial score (nSPS) is 31.5. The summed E-state index contributed by atoms with van der Waals surface area (Å²) < 4.78 is 0. The number of nitrogens with zero attached hydrogens (tertiary/aromatic N) is 2. The molecule has 11 nitrogen and oxygen atoms in total. The number of aldehydes is 1. The number of likely N-dealkylation sites (N-methyl/N-ethyl adjacent to an activating group) is 1. The molecule has 0 aromatic heterocycles. The second-order valence-electron chi connectivity index (χ2n) is 10.3. The first-order chi connectivity index (χ1) is 16.8. The van der Waals surface area contributed by atoms with Crippen molar-refractivity contribution in [3.8, 4) is 5.75 Å². The van der Waals surface area contributed by atoms with Crippen molar-refractivity contribution in [3.63, 3.8) is 0 Å². The van der Waals surface area contributed by atoms with E-state index in [4.69, 9.17) is 0 Å². The summed E-state index contributed by atoms with van der Waals surface area (Å²) in [4.78, 5) is 53.8. The lowest BCUT2D eigenvalue weighted by Gasteiger charge is -2.53. The Balaban J connectivity index is 1.96. The number of hydrogen-bond acceptors (Lipinski definition) is 10. The molecule has 0 radical (unpaired) electrons. The van der Waals surface area contributed by atoms with Gasteiger partial charge in [0, 0.05) is 44.2 Å². The number of carbonyl (C=O) groups excluding carboxylic acids is 4. The molecule has 1 aromatic rings. The highest BCUT2D eigenvalue weighted by atomic mass is 16.3. The maximum atomic E-state index is 13.8. The number of aliphatic hydroxyl groups is 3. The van der Waals surface area contributed by atoms with Crippen molar-refractivity contribution >= 4 is 40.9 Å². The van der Waals surface area contributed by atoms with Crippen molar-refractivity contribution in [2.45, 2.75) is 37.5 Å². The summed E-state index contributed by atoms with van der Waals surface area (Å²) in [6.45, 7) is 1.26. The van der Waals surface area contributed by atoms with E-state index in [0.717, 1.165) is 0 Å². The molecule has 3 aliphatic rings. The third kappa shape index (κ3) is 3.45. The zero-order valence-corrected chi connectivity index (χ0v) is 20.8. The maximum absolute atomic E-state index is 13.8. The van der Waals surface area contributed by atoms with Crippen LogP contribution in [0.1, 0.15) is 24.5 Å². The minimum atomic E-state index is -2.63. The van der Waals surface area contributed by atoms with Gasteiger partial charge in [-0.1, -0.05) is 0 Å². The van der Waals surface area contributed by atoms with E-state index >= 15 is 0 Å². The van der Waals surface area contributed by atoms with Crippen LogP contribution in [0.4, 0.5) is 11.4 Å². The number of phenols is 1. The monoisotopic (exact) mass is 501 g/mol. The minimum Gasteiger partial charge on any atom is -0.507 e. The molecule has 1 aromatic carbocycles. The molecule has 36 heavy (non-hydrogen) atoms. The number of phenolic OH excluding ortho intramolecular Hbond substituents is 1. The molecule has 5 N–H and O–H groups in total. The molecule has 1 amide bonds. The number of fused-ring (bicyclic) bond motifs is 3. The molecule has 194 valence electrons. The molecule has 4 rings (SSSR count). The van der Waals surface area contributed by atoms with Crippen LogP contribution in [0.2, 0.25) is 0 Å². The highest BCUT2D eigenvalue weighted by Gasteiger charge is 2.66. The smallest absolute Gasteiger partial charge is 0.221 e. The zero-order valence-electron chi connectivity index (χ0n) is 20.8. The molecular formula is C25H31N3O8. The Labute approximate surface area is 208 Å². The molecule has 0 heterocycles. The van der Waals surface area contributed by atoms with Gasteiger partial charge >= 0.3 is 0 Å². The van der Waals surface area contributed by atoms with Crippen molar-refractivity contribution in [2.75, 3.05) is 38.4 Å². The lowest BCUT2D eigenvalue weighted by atomic mass is 9.54. The fourth-order valence-electron chi connectivity index (χ4n) is 6.21. The van der Waals surface area contributed by atoms with Gasteiger partial charge in [-0.2, -0.15) is 0 Å². The lowest BCUT2D eigenvalue weighted by molar-refractivity contribution is -0.182. The van der Waals surface area contributed by atoms with E-state index in [2.05, 4.69) is 5.32 Å². The molecule has 4 unspecified atom stereocenters. The van der Waals surface area contributed by atoms with Crippen LogP contribution in [-0.4, -0.2) is 95.0 Å². The number of amides is 1. The van der Waals surface area contributed by atoms with Crippen LogP contribution in [0, 0.1) is 17.8 Å². The topological polar surface area (TPSA) is 168 Å². The summed E-state index contributed by atoms with van der Waals surface area (Å²) >= 11 is 0. The van der Waals surface area contributed by atoms with Crippen LogP contribution in [0.3, 0.4) is 0 Å². The minimum absolute atomic E-state index is 0.0287. The van der Waals surface area contributed by atoms with E-state index in [9.17, 15) is 39.6 Å². The van der Waals surface area contributed by atoms with Gasteiger partial charge in [-0.3, -0.25) is 14.4 Å². The Kier molecular flexibility index (Phi) is 6.22. The first kappa shape index (κ1) is 25.8. The fourth-order valence-corrected chi connectivity index (χ4v) is 6.21. The van der Waals surface area contributed by atoms with Crippen molar-refractivity contribution in [3.05, 3.63) is 22.8 Å². The average molecular weight is 502 g/mol. The molecule has 3 aliphatic carbocycles. The average Bonchev–Trinajstić information content (AvgIpc) is 2.77. The first-order valence-electron chi connectivity index (χ1n) is 11.7. The van der Waals surface area contributed by atoms with Gasteiger partial charge in [-0.15, -0.1) is 0 Å². The number of nitrogens with one attached hydrogen (secondary N) is 1. The highest BCUT2D eigenvalue weighted by Crippen LogP contribution is 2.54. The second-order valence-corrected chi connectivity index (χ2v) is 10.3. The van der Waals surface area contributed by atoms with E-state index in [0.29, 0.717) is 11.3 Å². The van der Waals surface area contributed by atoms with Crippen molar-refractivity contribution in [1.82, 2.24) is 4.90 Å². The number of aromatic hydroxyl groups is 1. The lowest BCUT2D eigenvalue weighted by Crippen LogP contribution is -2.72. The van der Waals surface area contributed by atoms with Gasteiger partial charge in [0.2, 0.25) is 11.7 Å². The Bertz CT molecular complexity index is 1210. The first-order valence-corrected chi connectivity index (χ1v) is 11.7. The summed E-state index contributed by atoms with van der Waals surface area (Å²) in [6.07, 6.45) is -0.925. The molecule has 0 saturated heterocycles. The van der Waals surface area contributed by atoms with E-state index in [-0.39, 0.29) is 36.0 Å². The predicted octanol–water partition coefficient (Wildman–Crippen LogP) is -0.133. The van der Waals surface area contributed by atoms with Crippen molar-refractivity contribution in [2.24, 2.45) is 17.8 Å². The van der Waals surface area contributed by atoms with Gasteiger partial charge in [0.25, 0.3) is 0 Å². The Morgan fingerprint density at radius 1 is 1.19 bits per heavy atom. The number of anilines is 2. The number of rotatable bonds is 4. The van der Waals surface area contributed by atoms with E-state index in [1.807, 2.05) is 0 Å². The van der Waals surface area contributed by atoms with Gasteiger partial charge in [-0.05, 0) is 44.5 Å². The van der Waals surface area contributed by atoms with Gasteiger partial charge in [0.15, 0.2) is 11.4 Å². The summed E-state index contributed by atoms with van der Waals surface area (Å²) in [5.74, 6) is -6.91. The van der Waals surface area contributed by atoms with Crippen LogP contribution < -0.4 is 10.2 Å². The van der Waals surface area contributed by atoms with Crippen LogP contribution in [0.25, 0.3) is 5.76 Å². The van der Waals surface area contributed by atoms with Gasteiger partial charge in [0.05, 0.1) is 17.4 Å². The van der Waals surface area contributed by atoms with Gasteiger partial charge in [0.1, 0.15) is 23.7 Å². The number of benzene rings is 1. The number of aliphatic hydroxyl groups excluding tert-OH is 2. The molecule has 6 atom stereocenters. The van der Waals surface area contributed by atoms with Crippen molar-refractivity contribution in [1.29, 1.82) is 0 Å². The highest BCUT2D eigenvalue weighted by molar-refractivity contribution is 6.24. The standard InChI is InChI=1S/C25H31N3O8/c1-10(30)26-15-8-16(27(2)3)12-6-11-7-14-19(28(4)5)20(31)13(9-29)23(34)25(14,36)24(35)17(11)22(33)18(12)21(15)32/h8-9,11,13-14,19-20,31-33,36H,6-7H2,1-5H3,(H,26,30)/t11?,13?,14?,19-,20?,25+/m0/s1. The number of ketones is 2. The molecule has 0 aliphatic heterocycles. The summed E-state index contributed by atoms with van der Waals surface area (Å²) in [7, 11) is 6.76. The van der Waals surface area contributed by atoms with E-state index in [1.54, 1.807) is 44.1 Å². The molecule has 2 saturated carbocycles. The Hall–Kier alpha value is -3.28. The summed E-state index contributed by atoms with van der Waals surface area (Å²) in [5, 5.41) is 47.2. The number of Topliss-reactive ketones (excluding diaryl/α,β-unsaturated/α-hetero) is 2. The summed E-state index contributed by atoms with van der Waals surface area (Å²) in [5.41, 5.74) is -1.76. The van der Waals surface area contributed by atoms with Crippen LogP contribution in [0.5, 0.6) is 5.75 Å². The fraction of sp³-hybridized carbons (Fsp3) is 0.520. The van der Waals surface area contributed by atoms with Gasteiger partial charge in [-0.25, -0.2) is 0 Å². The van der Waals surface area contributed by atoms with Crippen LogP contribution in [-0.2, 0) is 25.6 Å². The van der Waals surface area contributed by atoms with Crippen LogP contribution in [0.15, 0.2) is 11.6 Å². The Morgan fingerprint density at radius 2 is 1.83 bits per heavy atom. The third-order valence-corrected chi connectivity index (χ3v) is 7.74. The van der Waals surface area contributed by atoms with Crippen LogP contribution >= 0.6 is 0 Å². The van der Waals surface area contributed by atoms with E-state index in [1.165, 1.54) is 6.92 Å². The third-order valence-electron chi connectivity index (χ3n) is 7.74. The largest absolute Gasteiger partial charge is 0.507 e. The molecule has 11 heteroatoms. The quantitative estimate of drug-likeness (QED) is 0.213. The van der Waals surface area contributed by atoms with E-state index < -0.39 is 64.5 Å². The van der Waals surface area contributed by atoms with Crippen molar-refractivity contribution < 1.29 is 39.6 Å². The number of hydrogen-bond donors (Lipinski definition) is 5. The molecule has 0 bridgehead atoms.